The van der Waals surface area contributed by atoms with Gasteiger partial charge in [-0.25, -0.2) is 0 Å². The maximum absolute atomic E-state index is 9.58. The molecule has 1 nitrogen and oxygen atoms in total. The molecule has 1 N–H and O–H groups in total. The first-order valence-electron chi connectivity index (χ1n) is 3.67. The predicted molar refractivity (Wildman–Crippen MR) is 63.8 cm³/mol. The molecular weight excluding hydrogens is 316 g/mol. The number of hydrogen-bond acceptors (Lipinski definition) is 2. The van der Waals surface area contributed by atoms with Crippen LogP contribution in [0.25, 0.3) is 10.1 Å². The van der Waals surface area contributed by atoms with Crippen LogP contribution in [0, 0.1) is 0 Å². The number of aromatic hydroxyl groups is 1. The van der Waals surface area contributed by atoms with Gasteiger partial charge in [0.2, 0.25) is 0 Å². The molecule has 0 amide bonds. The molecule has 68 valence electrons. The highest BCUT2D eigenvalue weighted by Crippen LogP contribution is 2.34. The van der Waals surface area contributed by atoms with Gasteiger partial charge in [0.1, 0.15) is 5.75 Å². The molecule has 0 aliphatic rings. The van der Waals surface area contributed by atoms with Crippen LogP contribution in [-0.4, -0.2) is 5.11 Å². The highest BCUT2D eigenvalue weighted by molar-refractivity contribution is 9.11. The number of rotatable bonds is 1. The van der Waals surface area contributed by atoms with Crippen LogP contribution < -0.4 is 0 Å². The predicted octanol–water partition coefficient (Wildman–Crippen LogP) is 4.26. The maximum Gasteiger partial charge on any atom is 0.120 e. The largest absolute Gasteiger partial charge is 0.508 e. The summed E-state index contributed by atoms with van der Waals surface area (Å²) in [4.78, 5) is 0. The first-order valence-corrected chi connectivity index (χ1v) is 6.40. The van der Waals surface area contributed by atoms with E-state index in [-0.39, 0.29) is 0 Å². The van der Waals surface area contributed by atoms with Gasteiger partial charge >= 0.3 is 0 Å². The Morgan fingerprint density at radius 1 is 1.31 bits per heavy atom. The Kier molecular flexibility index (Phi) is 2.62. The molecule has 1 aromatic carbocycles. The van der Waals surface area contributed by atoms with E-state index in [9.17, 15) is 5.11 Å². The summed E-state index contributed by atoms with van der Waals surface area (Å²) in [7, 11) is 0. The summed E-state index contributed by atoms with van der Waals surface area (Å²) in [6.45, 7) is 0. The van der Waals surface area contributed by atoms with Crippen LogP contribution in [0.5, 0.6) is 5.75 Å². The second kappa shape index (κ2) is 3.59. The minimum atomic E-state index is 0.356. The quantitative estimate of drug-likeness (QED) is 0.778. The van der Waals surface area contributed by atoms with Gasteiger partial charge in [-0.2, -0.15) is 0 Å². The molecule has 2 aromatic rings. The standard InChI is InChI=1S/C9H6Br2OS/c10-4-6-2-8-5(1-7(6)12)3-9(11)13-8/h1-3,12H,4H2. The molecule has 1 aromatic heterocycles. The highest BCUT2D eigenvalue weighted by Gasteiger charge is 2.05. The van der Waals surface area contributed by atoms with Crippen LogP contribution in [0.1, 0.15) is 5.56 Å². The van der Waals surface area contributed by atoms with Gasteiger partial charge in [0.25, 0.3) is 0 Å². The molecule has 0 spiro atoms. The number of halogens is 2. The van der Waals surface area contributed by atoms with Crippen molar-refractivity contribution in [2.45, 2.75) is 5.33 Å². The number of thiophene rings is 1. The lowest BCUT2D eigenvalue weighted by molar-refractivity contribution is 0.472. The van der Waals surface area contributed by atoms with Gasteiger partial charge in [-0.15, -0.1) is 11.3 Å². The third-order valence-electron chi connectivity index (χ3n) is 1.83. The number of phenols is 1. The molecule has 0 fully saturated rings. The number of hydrogen-bond donors (Lipinski definition) is 1. The summed E-state index contributed by atoms with van der Waals surface area (Å²) < 4.78 is 2.28. The van der Waals surface area contributed by atoms with E-state index in [2.05, 4.69) is 31.9 Å². The molecule has 2 rings (SSSR count). The van der Waals surface area contributed by atoms with Gasteiger partial charge < -0.3 is 5.11 Å². The van der Waals surface area contributed by atoms with Gasteiger partial charge in [-0.3, -0.25) is 0 Å². The van der Waals surface area contributed by atoms with Crippen LogP contribution in [0.4, 0.5) is 0 Å². The van der Waals surface area contributed by atoms with E-state index in [4.69, 9.17) is 0 Å². The van der Waals surface area contributed by atoms with Crippen LogP contribution in [0.15, 0.2) is 22.0 Å². The zero-order valence-electron chi connectivity index (χ0n) is 6.55. The van der Waals surface area contributed by atoms with Crippen molar-refractivity contribution in [3.63, 3.8) is 0 Å². The third-order valence-corrected chi connectivity index (χ3v) is 4.04. The fourth-order valence-corrected chi connectivity index (χ4v) is 3.24. The Labute approximate surface area is 96.6 Å². The number of phenolic OH excluding ortho intramolecular Hbond substituents is 1. The van der Waals surface area contributed by atoms with Crippen molar-refractivity contribution < 1.29 is 5.11 Å². The normalized spacial score (nSPS) is 10.9. The van der Waals surface area contributed by atoms with Crippen molar-refractivity contribution in [2.75, 3.05) is 0 Å². The van der Waals surface area contributed by atoms with Gasteiger partial charge in [0, 0.05) is 15.6 Å². The zero-order valence-corrected chi connectivity index (χ0v) is 10.5. The lowest BCUT2D eigenvalue weighted by Crippen LogP contribution is -1.77. The summed E-state index contributed by atoms with van der Waals surface area (Å²) in [6.07, 6.45) is 0. The van der Waals surface area contributed by atoms with E-state index in [1.54, 1.807) is 17.4 Å². The Hall–Kier alpha value is -0.0600. The molecule has 0 aliphatic carbocycles. The number of fused-ring (bicyclic) bond motifs is 1. The SMILES string of the molecule is Oc1cc2cc(Br)sc2cc1CBr. The van der Waals surface area contributed by atoms with Crippen molar-refractivity contribution in [2.24, 2.45) is 0 Å². The molecule has 0 bridgehead atoms. The molecule has 0 radical (unpaired) electrons. The summed E-state index contributed by atoms with van der Waals surface area (Å²) in [5.41, 5.74) is 0.932. The molecule has 0 saturated heterocycles. The summed E-state index contributed by atoms with van der Waals surface area (Å²) in [6, 6.07) is 5.82. The fraction of sp³-hybridized carbons (Fsp3) is 0.111. The molecule has 4 heteroatoms. The lowest BCUT2D eigenvalue weighted by Gasteiger charge is -1.99. The summed E-state index contributed by atoms with van der Waals surface area (Å²) in [5.74, 6) is 0.356. The topological polar surface area (TPSA) is 20.2 Å². The van der Waals surface area contributed by atoms with E-state index < -0.39 is 0 Å². The number of benzene rings is 1. The number of alkyl halides is 1. The average Bonchev–Trinajstić information content (AvgIpc) is 2.42. The third kappa shape index (κ3) is 1.75. The second-order valence-electron chi connectivity index (χ2n) is 2.70. The second-order valence-corrected chi connectivity index (χ2v) is 5.73. The monoisotopic (exact) mass is 320 g/mol. The van der Waals surface area contributed by atoms with E-state index in [0.29, 0.717) is 11.1 Å². The molecule has 1 heterocycles. The van der Waals surface area contributed by atoms with Crippen molar-refractivity contribution in [1.29, 1.82) is 0 Å². The fourth-order valence-electron chi connectivity index (χ4n) is 1.19. The molecular formula is C9H6Br2OS. The average molecular weight is 322 g/mol. The van der Waals surface area contributed by atoms with Crippen molar-refractivity contribution in [3.05, 3.63) is 27.5 Å². The van der Waals surface area contributed by atoms with Gasteiger partial charge in [-0.05, 0) is 39.5 Å². The molecule has 0 aliphatic heterocycles. The molecule has 0 atom stereocenters. The van der Waals surface area contributed by atoms with E-state index >= 15 is 0 Å². The Morgan fingerprint density at radius 2 is 2.08 bits per heavy atom. The van der Waals surface area contributed by atoms with Crippen molar-refractivity contribution in [3.8, 4) is 5.75 Å². The maximum atomic E-state index is 9.58. The van der Waals surface area contributed by atoms with Gasteiger partial charge in [0.15, 0.2) is 0 Å². The zero-order chi connectivity index (χ0) is 9.42. The Bertz CT molecular complexity index is 450. The van der Waals surface area contributed by atoms with Gasteiger partial charge in [-0.1, -0.05) is 15.9 Å². The minimum absolute atomic E-state index is 0.356. The minimum Gasteiger partial charge on any atom is -0.508 e. The van der Waals surface area contributed by atoms with E-state index in [1.165, 1.54) is 4.70 Å². The van der Waals surface area contributed by atoms with Crippen LogP contribution in [0.3, 0.4) is 0 Å². The Balaban J connectivity index is 2.72. The first kappa shape index (κ1) is 9.49. The molecule has 13 heavy (non-hydrogen) atoms. The Morgan fingerprint density at radius 3 is 2.77 bits per heavy atom. The smallest absolute Gasteiger partial charge is 0.120 e. The van der Waals surface area contributed by atoms with Crippen molar-refractivity contribution in [1.82, 2.24) is 0 Å². The molecule has 0 unspecified atom stereocenters. The molecule has 0 saturated carbocycles. The van der Waals surface area contributed by atoms with Crippen molar-refractivity contribution >= 4 is 53.3 Å². The van der Waals surface area contributed by atoms with Crippen LogP contribution in [-0.2, 0) is 5.33 Å². The highest BCUT2D eigenvalue weighted by atomic mass is 79.9. The lowest BCUT2D eigenvalue weighted by atomic mass is 10.2. The summed E-state index contributed by atoms with van der Waals surface area (Å²) in [5, 5.41) is 11.3. The van der Waals surface area contributed by atoms with E-state index in [1.807, 2.05) is 12.1 Å². The first-order chi connectivity index (χ1) is 6.20. The van der Waals surface area contributed by atoms with Crippen LogP contribution >= 0.6 is 43.2 Å². The van der Waals surface area contributed by atoms with Crippen LogP contribution in [0.2, 0.25) is 0 Å². The van der Waals surface area contributed by atoms with Gasteiger partial charge in [0.05, 0.1) is 3.79 Å². The summed E-state index contributed by atoms with van der Waals surface area (Å²) >= 11 is 8.43. The van der Waals surface area contributed by atoms with E-state index in [0.717, 1.165) is 14.7 Å².